The molecule has 7 nitrogen and oxygen atoms in total. The molecule has 1 amide bonds. The summed E-state index contributed by atoms with van der Waals surface area (Å²) in [5.41, 5.74) is 2.36. The number of benzene rings is 1. The van der Waals surface area contributed by atoms with Gasteiger partial charge in [0.1, 0.15) is 5.75 Å². The number of rotatable bonds is 5. The molecule has 150 valence electrons. The lowest BCUT2D eigenvalue weighted by atomic mass is 9.87. The number of nitrogens with zero attached hydrogens (tertiary/aromatic N) is 2. The van der Waals surface area contributed by atoms with E-state index in [0.717, 1.165) is 30.6 Å². The first-order valence-corrected chi connectivity index (χ1v) is 10.9. The fourth-order valence-electron chi connectivity index (χ4n) is 3.95. The fourth-order valence-corrected chi connectivity index (χ4v) is 5.14. The van der Waals surface area contributed by atoms with Crippen molar-refractivity contribution in [2.45, 2.75) is 38.1 Å². The lowest BCUT2D eigenvalue weighted by Gasteiger charge is -2.34. The van der Waals surface area contributed by atoms with Crippen LogP contribution in [-0.2, 0) is 21.4 Å². The van der Waals surface area contributed by atoms with E-state index in [2.05, 4.69) is 5.32 Å². The van der Waals surface area contributed by atoms with Crippen LogP contribution in [0, 0.1) is 5.92 Å². The molecule has 8 heteroatoms. The molecule has 0 aromatic heterocycles. The van der Waals surface area contributed by atoms with Crippen LogP contribution in [-0.4, -0.2) is 57.2 Å². The molecule has 2 atom stereocenters. The van der Waals surface area contributed by atoms with Gasteiger partial charge in [0.15, 0.2) is 0 Å². The van der Waals surface area contributed by atoms with E-state index in [1.165, 1.54) is 28.3 Å². The van der Waals surface area contributed by atoms with Crippen molar-refractivity contribution in [3.63, 3.8) is 0 Å². The van der Waals surface area contributed by atoms with Crippen molar-refractivity contribution in [3.05, 3.63) is 29.3 Å². The minimum atomic E-state index is -3.48. The molecule has 3 rings (SSSR count). The third kappa shape index (κ3) is 4.28. The molecule has 0 saturated carbocycles. The molecular weight excluding hydrogens is 366 g/mol. The van der Waals surface area contributed by atoms with Gasteiger partial charge in [-0.2, -0.15) is 17.0 Å². The zero-order chi connectivity index (χ0) is 19.6. The maximum atomic E-state index is 12.9. The molecule has 2 aliphatic rings. The Bertz CT molecular complexity index is 794. The van der Waals surface area contributed by atoms with Gasteiger partial charge in [-0.1, -0.05) is 6.07 Å². The third-order valence-electron chi connectivity index (χ3n) is 5.52. The van der Waals surface area contributed by atoms with E-state index in [9.17, 15) is 13.2 Å². The molecule has 1 aliphatic heterocycles. The highest BCUT2D eigenvalue weighted by molar-refractivity contribution is 7.86. The van der Waals surface area contributed by atoms with Gasteiger partial charge in [0.2, 0.25) is 5.91 Å². The Labute approximate surface area is 161 Å². The summed E-state index contributed by atoms with van der Waals surface area (Å²) < 4.78 is 32.7. The van der Waals surface area contributed by atoms with Crippen LogP contribution >= 0.6 is 0 Å². The molecule has 0 spiro atoms. The molecule has 1 N–H and O–H groups in total. The van der Waals surface area contributed by atoms with Gasteiger partial charge in [0, 0.05) is 27.2 Å². The molecular formula is C19H29N3O4S. The van der Waals surface area contributed by atoms with Crippen LogP contribution in [0.2, 0.25) is 0 Å². The zero-order valence-corrected chi connectivity index (χ0v) is 17.1. The van der Waals surface area contributed by atoms with Crippen LogP contribution in [0.3, 0.4) is 0 Å². The quantitative estimate of drug-likeness (QED) is 0.823. The number of aryl methyl sites for hydroxylation is 1. The Morgan fingerprint density at radius 2 is 2.04 bits per heavy atom. The van der Waals surface area contributed by atoms with Crippen LogP contribution in [0.1, 0.15) is 42.9 Å². The Morgan fingerprint density at radius 3 is 2.74 bits per heavy atom. The van der Waals surface area contributed by atoms with Crippen LogP contribution in [0.15, 0.2) is 18.2 Å². The number of amides is 1. The van der Waals surface area contributed by atoms with E-state index < -0.39 is 10.2 Å². The number of hydrogen-bond acceptors (Lipinski definition) is 4. The van der Waals surface area contributed by atoms with E-state index in [1.54, 1.807) is 7.11 Å². The molecule has 1 saturated heterocycles. The topological polar surface area (TPSA) is 79.0 Å². The normalized spacial score (nSPS) is 23.7. The average molecular weight is 396 g/mol. The summed E-state index contributed by atoms with van der Waals surface area (Å²) in [6.45, 7) is 0.713. The predicted molar refractivity (Wildman–Crippen MR) is 104 cm³/mol. The summed E-state index contributed by atoms with van der Waals surface area (Å²) in [6.07, 6.45) is 4.31. The summed E-state index contributed by atoms with van der Waals surface area (Å²) in [5.74, 6) is 0.469. The minimum Gasteiger partial charge on any atom is -0.497 e. The molecule has 27 heavy (non-hydrogen) atoms. The van der Waals surface area contributed by atoms with Crippen molar-refractivity contribution in [2.24, 2.45) is 5.92 Å². The molecule has 0 unspecified atom stereocenters. The zero-order valence-electron chi connectivity index (χ0n) is 16.3. The van der Waals surface area contributed by atoms with Gasteiger partial charge in [-0.05, 0) is 55.4 Å². The first kappa shape index (κ1) is 20.1. The van der Waals surface area contributed by atoms with E-state index in [0.29, 0.717) is 19.4 Å². The van der Waals surface area contributed by atoms with Crippen molar-refractivity contribution in [3.8, 4) is 5.75 Å². The van der Waals surface area contributed by atoms with E-state index in [4.69, 9.17) is 4.74 Å². The first-order chi connectivity index (χ1) is 12.8. The second kappa shape index (κ2) is 8.16. The van der Waals surface area contributed by atoms with E-state index >= 15 is 0 Å². The lowest BCUT2D eigenvalue weighted by molar-refractivity contribution is -0.127. The highest BCUT2D eigenvalue weighted by Gasteiger charge is 2.34. The molecule has 1 fully saturated rings. The second-order valence-corrected chi connectivity index (χ2v) is 9.65. The molecule has 0 bridgehead atoms. The number of carbonyl (C=O) groups is 1. The minimum absolute atomic E-state index is 0.0204. The third-order valence-corrected chi connectivity index (χ3v) is 7.43. The van der Waals surface area contributed by atoms with Gasteiger partial charge in [0.05, 0.1) is 19.1 Å². The summed E-state index contributed by atoms with van der Waals surface area (Å²) in [5, 5.41) is 3.17. The summed E-state index contributed by atoms with van der Waals surface area (Å²) >= 11 is 0. The number of ether oxygens (including phenoxy) is 1. The summed E-state index contributed by atoms with van der Waals surface area (Å²) in [4.78, 5) is 12.9. The summed E-state index contributed by atoms with van der Waals surface area (Å²) in [6, 6.07) is 5.98. The Morgan fingerprint density at radius 1 is 1.26 bits per heavy atom. The van der Waals surface area contributed by atoms with Gasteiger partial charge in [-0.3, -0.25) is 4.79 Å². The molecule has 1 aromatic rings. The van der Waals surface area contributed by atoms with Crippen molar-refractivity contribution >= 4 is 16.1 Å². The van der Waals surface area contributed by atoms with Crippen LogP contribution in [0.25, 0.3) is 0 Å². The maximum Gasteiger partial charge on any atom is 0.281 e. The van der Waals surface area contributed by atoms with Crippen molar-refractivity contribution in [1.82, 2.24) is 13.9 Å². The second-order valence-electron chi connectivity index (χ2n) is 7.51. The van der Waals surface area contributed by atoms with Crippen molar-refractivity contribution in [2.75, 3.05) is 34.3 Å². The molecule has 1 heterocycles. The van der Waals surface area contributed by atoms with Crippen LogP contribution in [0.5, 0.6) is 5.75 Å². The highest BCUT2D eigenvalue weighted by Crippen LogP contribution is 2.33. The lowest BCUT2D eigenvalue weighted by Crippen LogP contribution is -2.49. The Kier molecular flexibility index (Phi) is 6.08. The van der Waals surface area contributed by atoms with Crippen LogP contribution in [0.4, 0.5) is 0 Å². The number of methoxy groups -OCH3 is 1. The van der Waals surface area contributed by atoms with Crippen molar-refractivity contribution < 1.29 is 17.9 Å². The SMILES string of the molecule is COc1ccc2c(c1)CCC[C@H]2NC(=O)[C@H]1CCCN(S(=O)(=O)N(C)C)C1. The number of hydrogen-bond donors (Lipinski definition) is 1. The standard InChI is InChI=1S/C19H29N3O4S/c1-21(2)27(24,25)22-11-5-7-15(13-22)19(23)20-18-8-4-6-14-12-16(26-3)9-10-17(14)18/h9-10,12,15,18H,4-8,11,13H2,1-3H3,(H,20,23)/t15-,18+/m0/s1. The van der Waals surface area contributed by atoms with E-state index in [1.807, 2.05) is 18.2 Å². The summed E-state index contributed by atoms with van der Waals surface area (Å²) in [7, 11) is 1.21. The predicted octanol–water partition coefficient (Wildman–Crippen LogP) is 1.71. The molecule has 1 aliphatic carbocycles. The monoisotopic (exact) mass is 395 g/mol. The number of carbonyl (C=O) groups excluding carboxylic acids is 1. The number of fused-ring (bicyclic) bond motifs is 1. The molecule has 0 radical (unpaired) electrons. The average Bonchev–Trinajstić information content (AvgIpc) is 2.67. The first-order valence-electron chi connectivity index (χ1n) is 9.47. The van der Waals surface area contributed by atoms with Crippen LogP contribution < -0.4 is 10.1 Å². The number of nitrogens with one attached hydrogen (secondary N) is 1. The Balaban J connectivity index is 1.69. The van der Waals surface area contributed by atoms with Gasteiger partial charge in [0.25, 0.3) is 10.2 Å². The fraction of sp³-hybridized carbons (Fsp3) is 0.632. The smallest absolute Gasteiger partial charge is 0.281 e. The Hall–Kier alpha value is -1.64. The molecule has 1 aromatic carbocycles. The maximum absolute atomic E-state index is 12.9. The van der Waals surface area contributed by atoms with Gasteiger partial charge < -0.3 is 10.1 Å². The van der Waals surface area contributed by atoms with Crippen molar-refractivity contribution in [1.29, 1.82) is 0 Å². The highest BCUT2D eigenvalue weighted by atomic mass is 32.2. The number of piperidine rings is 1. The van der Waals surface area contributed by atoms with Gasteiger partial charge in [-0.15, -0.1) is 0 Å². The van der Waals surface area contributed by atoms with E-state index in [-0.39, 0.29) is 24.4 Å². The largest absolute Gasteiger partial charge is 0.497 e. The van der Waals surface area contributed by atoms with Gasteiger partial charge in [-0.25, -0.2) is 0 Å². The van der Waals surface area contributed by atoms with Gasteiger partial charge >= 0.3 is 0 Å².